The van der Waals surface area contributed by atoms with Gasteiger partial charge in [0.1, 0.15) is 11.4 Å². The van der Waals surface area contributed by atoms with E-state index in [0.717, 1.165) is 12.0 Å². The van der Waals surface area contributed by atoms with Gasteiger partial charge in [-0.3, -0.25) is 19.5 Å². The van der Waals surface area contributed by atoms with E-state index in [0.29, 0.717) is 55.2 Å². The summed E-state index contributed by atoms with van der Waals surface area (Å²) in [4.78, 5) is 34.1. The van der Waals surface area contributed by atoms with Crippen molar-refractivity contribution in [1.82, 2.24) is 14.8 Å². The van der Waals surface area contributed by atoms with E-state index < -0.39 is 0 Å². The molecule has 31 heavy (non-hydrogen) atoms. The van der Waals surface area contributed by atoms with E-state index in [4.69, 9.17) is 9.47 Å². The minimum atomic E-state index is -0.261. The molecule has 164 valence electrons. The van der Waals surface area contributed by atoms with Gasteiger partial charge in [0.2, 0.25) is 0 Å². The molecular formula is C24H29N3O4. The molecule has 1 aliphatic rings. The third-order valence-corrected chi connectivity index (χ3v) is 5.37. The smallest absolute Gasteiger partial charge is 0.277 e. The van der Waals surface area contributed by atoms with Gasteiger partial charge in [0.05, 0.1) is 12.7 Å². The Labute approximate surface area is 183 Å². The Balaban J connectivity index is 1.94. The van der Waals surface area contributed by atoms with Crippen LogP contribution in [0.15, 0.2) is 54.5 Å². The second-order valence-corrected chi connectivity index (χ2v) is 7.25. The molecule has 0 saturated carbocycles. The molecule has 2 heterocycles. The van der Waals surface area contributed by atoms with E-state index >= 15 is 0 Å². The lowest BCUT2D eigenvalue weighted by molar-refractivity contribution is -0.137. The molecule has 1 aromatic heterocycles. The number of carbonyl (C=O) groups is 2. The lowest BCUT2D eigenvalue weighted by Crippen LogP contribution is -2.36. The van der Waals surface area contributed by atoms with Gasteiger partial charge in [0.15, 0.2) is 0 Å². The standard InChI is InChI=1S/C24H29N3O4/c1-4-26(16-12-18-10-13-25-14-11-18)22-21(19-6-8-20(31-3)9-7-19)23(28)27(24(22)29)15-5-17-30-2/h6-11,13-14H,4-5,12,15-17H2,1-3H3. The van der Waals surface area contributed by atoms with Crippen LogP contribution in [0, 0.1) is 0 Å². The summed E-state index contributed by atoms with van der Waals surface area (Å²) in [5.41, 5.74) is 2.75. The number of carbonyl (C=O) groups excluding carboxylic acids is 2. The Morgan fingerprint density at radius 3 is 2.32 bits per heavy atom. The van der Waals surface area contributed by atoms with E-state index in [2.05, 4.69) is 4.98 Å². The van der Waals surface area contributed by atoms with Crippen LogP contribution in [-0.4, -0.2) is 67.1 Å². The molecule has 0 fully saturated rings. The van der Waals surface area contributed by atoms with Gasteiger partial charge < -0.3 is 14.4 Å². The minimum absolute atomic E-state index is 0.247. The minimum Gasteiger partial charge on any atom is -0.497 e. The summed E-state index contributed by atoms with van der Waals surface area (Å²) in [6.07, 6.45) is 4.87. The fourth-order valence-electron chi connectivity index (χ4n) is 3.69. The summed E-state index contributed by atoms with van der Waals surface area (Å²) in [6, 6.07) is 11.2. The molecule has 2 amide bonds. The van der Waals surface area contributed by atoms with E-state index in [1.54, 1.807) is 38.7 Å². The Morgan fingerprint density at radius 2 is 1.71 bits per heavy atom. The molecule has 0 unspecified atom stereocenters. The van der Waals surface area contributed by atoms with Crippen molar-refractivity contribution in [3.8, 4) is 5.75 Å². The molecule has 2 aromatic rings. The first-order valence-corrected chi connectivity index (χ1v) is 10.5. The Hall–Kier alpha value is -3.19. The van der Waals surface area contributed by atoms with Crippen LogP contribution in [0.5, 0.6) is 5.75 Å². The zero-order chi connectivity index (χ0) is 22.2. The van der Waals surface area contributed by atoms with Crippen LogP contribution in [0.2, 0.25) is 0 Å². The predicted octanol–water partition coefficient (Wildman–Crippen LogP) is 2.77. The van der Waals surface area contributed by atoms with E-state index in [-0.39, 0.29) is 11.8 Å². The molecule has 1 aliphatic heterocycles. The van der Waals surface area contributed by atoms with Crippen molar-refractivity contribution in [3.05, 3.63) is 65.6 Å². The van der Waals surface area contributed by atoms with Gasteiger partial charge in [0.25, 0.3) is 11.8 Å². The lowest BCUT2D eigenvalue weighted by atomic mass is 10.0. The van der Waals surface area contributed by atoms with Crippen LogP contribution in [0.25, 0.3) is 5.57 Å². The van der Waals surface area contributed by atoms with Gasteiger partial charge in [-0.05, 0) is 55.2 Å². The molecule has 0 spiro atoms. The monoisotopic (exact) mass is 423 g/mol. The third-order valence-electron chi connectivity index (χ3n) is 5.37. The molecule has 0 atom stereocenters. The summed E-state index contributed by atoms with van der Waals surface area (Å²) in [7, 11) is 3.21. The molecular weight excluding hydrogens is 394 g/mol. The molecule has 3 rings (SSSR count). The molecule has 1 aromatic carbocycles. The topological polar surface area (TPSA) is 72.0 Å². The SMILES string of the molecule is CCN(CCc1ccncc1)C1=C(c2ccc(OC)cc2)C(=O)N(CCCOC)C1=O. The zero-order valence-electron chi connectivity index (χ0n) is 18.3. The second kappa shape index (κ2) is 10.7. The maximum atomic E-state index is 13.4. The highest BCUT2D eigenvalue weighted by atomic mass is 16.5. The lowest BCUT2D eigenvalue weighted by Gasteiger charge is -2.25. The van der Waals surface area contributed by atoms with Crippen molar-refractivity contribution >= 4 is 17.4 Å². The highest BCUT2D eigenvalue weighted by Crippen LogP contribution is 2.32. The van der Waals surface area contributed by atoms with Crippen molar-refractivity contribution in [2.45, 2.75) is 19.8 Å². The molecule has 0 bridgehead atoms. The summed E-state index contributed by atoms with van der Waals surface area (Å²) in [6.45, 7) is 4.06. The number of nitrogens with zero attached hydrogens (tertiary/aromatic N) is 3. The van der Waals surface area contributed by atoms with Crippen LogP contribution < -0.4 is 4.74 Å². The van der Waals surface area contributed by atoms with Crippen molar-refractivity contribution in [2.24, 2.45) is 0 Å². The first kappa shape index (κ1) is 22.5. The number of amides is 2. The van der Waals surface area contributed by atoms with Gasteiger partial charge in [-0.1, -0.05) is 12.1 Å². The fourth-order valence-corrected chi connectivity index (χ4v) is 3.69. The summed E-state index contributed by atoms with van der Waals surface area (Å²) < 4.78 is 10.3. The third kappa shape index (κ3) is 5.11. The van der Waals surface area contributed by atoms with Crippen LogP contribution in [0.4, 0.5) is 0 Å². The van der Waals surface area contributed by atoms with Crippen LogP contribution in [0.1, 0.15) is 24.5 Å². The number of benzene rings is 1. The van der Waals surface area contributed by atoms with Crippen molar-refractivity contribution in [1.29, 1.82) is 0 Å². The Bertz CT molecular complexity index is 926. The second-order valence-electron chi connectivity index (χ2n) is 7.25. The van der Waals surface area contributed by atoms with Gasteiger partial charge >= 0.3 is 0 Å². The highest BCUT2D eigenvalue weighted by Gasteiger charge is 2.40. The largest absolute Gasteiger partial charge is 0.497 e. The van der Waals surface area contributed by atoms with Gasteiger partial charge in [-0.25, -0.2) is 0 Å². The van der Waals surface area contributed by atoms with Crippen LogP contribution >= 0.6 is 0 Å². The average Bonchev–Trinajstić information content (AvgIpc) is 3.05. The first-order valence-electron chi connectivity index (χ1n) is 10.5. The number of hydrogen-bond acceptors (Lipinski definition) is 6. The maximum Gasteiger partial charge on any atom is 0.277 e. The summed E-state index contributed by atoms with van der Waals surface area (Å²) >= 11 is 0. The number of aromatic nitrogens is 1. The van der Waals surface area contributed by atoms with E-state index in [1.165, 1.54) is 4.90 Å². The molecule has 0 aliphatic carbocycles. The molecule has 0 saturated heterocycles. The predicted molar refractivity (Wildman–Crippen MR) is 118 cm³/mol. The zero-order valence-corrected chi connectivity index (χ0v) is 18.3. The molecule has 7 nitrogen and oxygen atoms in total. The van der Waals surface area contributed by atoms with Crippen molar-refractivity contribution < 1.29 is 19.1 Å². The van der Waals surface area contributed by atoms with Gasteiger partial charge in [0, 0.05) is 45.7 Å². The van der Waals surface area contributed by atoms with Gasteiger partial charge in [-0.15, -0.1) is 0 Å². The number of imide groups is 1. The molecule has 0 N–H and O–H groups in total. The highest BCUT2D eigenvalue weighted by molar-refractivity contribution is 6.35. The quantitative estimate of drug-likeness (QED) is 0.409. The van der Waals surface area contributed by atoms with Crippen LogP contribution in [0.3, 0.4) is 0 Å². The first-order chi connectivity index (χ1) is 15.1. The van der Waals surface area contributed by atoms with Crippen molar-refractivity contribution in [2.75, 3.05) is 40.5 Å². The van der Waals surface area contributed by atoms with E-state index in [1.807, 2.05) is 36.1 Å². The van der Waals surface area contributed by atoms with Gasteiger partial charge in [-0.2, -0.15) is 0 Å². The van der Waals surface area contributed by atoms with Crippen molar-refractivity contribution in [3.63, 3.8) is 0 Å². The summed E-state index contributed by atoms with van der Waals surface area (Å²) in [5.74, 6) is 0.191. The number of likely N-dealkylation sites (N-methyl/N-ethyl adjacent to an activating group) is 1. The summed E-state index contributed by atoms with van der Waals surface area (Å²) in [5, 5.41) is 0. The average molecular weight is 424 g/mol. The number of ether oxygens (including phenoxy) is 2. The normalized spacial score (nSPS) is 13.8. The molecule has 0 radical (unpaired) electrons. The number of methoxy groups -OCH3 is 2. The number of rotatable bonds is 11. The Morgan fingerprint density at radius 1 is 1.00 bits per heavy atom. The maximum absolute atomic E-state index is 13.4. The van der Waals surface area contributed by atoms with Crippen LogP contribution in [-0.2, 0) is 20.7 Å². The number of hydrogen-bond donors (Lipinski definition) is 0. The molecule has 7 heteroatoms. The fraction of sp³-hybridized carbons (Fsp3) is 0.375. The van der Waals surface area contributed by atoms with E-state index in [9.17, 15) is 9.59 Å². The number of pyridine rings is 1. The Kier molecular flexibility index (Phi) is 7.78.